The van der Waals surface area contributed by atoms with Crippen LogP contribution < -0.4 is 5.32 Å². The summed E-state index contributed by atoms with van der Waals surface area (Å²) in [4.78, 5) is 17.8. The van der Waals surface area contributed by atoms with Crippen molar-refractivity contribution in [1.29, 1.82) is 0 Å². The van der Waals surface area contributed by atoms with Gasteiger partial charge in [-0.25, -0.2) is 0 Å². The number of aromatic nitrogens is 1. The molecule has 0 aliphatic carbocycles. The van der Waals surface area contributed by atoms with E-state index in [9.17, 15) is 4.79 Å². The number of carbonyl (C=O) groups is 1. The second-order valence-electron chi connectivity index (χ2n) is 8.52. The summed E-state index contributed by atoms with van der Waals surface area (Å²) < 4.78 is 5.31. The highest BCUT2D eigenvalue weighted by molar-refractivity contribution is 6.31. The standard InChI is InChI=1S/C26H32ClN3O2/c1-3-4-22-23-15-21(27)9-10-24(23)29-26(22)18(2)20-7-5-19(6-8-20)16-28-17-25(31)30-11-13-32-14-12-30/h5-10,15,18,28-29H,3-4,11-14,16-17H2,1-2H3. The van der Waals surface area contributed by atoms with Crippen molar-refractivity contribution in [1.82, 2.24) is 15.2 Å². The number of aromatic amines is 1. The largest absolute Gasteiger partial charge is 0.378 e. The molecule has 4 rings (SSSR count). The molecule has 0 radical (unpaired) electrons. The SMILES string of the molecule is CCCc1c(C(C)c2ccc(CNCC(=O)N3CCOCC3)cc2)[nH]c2ccc(Cl)cc12. The maximum atomic E-state index is 12.3. The summed E-state index contributed by atoms with van der Waals surface area (Å²) in [6, 6.07) is 14.8. The molecule has 6 heteroatoms. The van der Waals surface area contributed by atoms with Gasteiger partial charge in [0.2, 0.25) is 5.91 Å². The normalized spacial score (nSPS) is 15.3. The van der Waals surface area contributed by atoms with Gasteiger partial charge in [0.15, 0.2) is 0 Å². The number of carbonyl (C=O) groups excluding carboxylic acids is 1. The molecule has 2 N–H and O–H groups in total. The van der Waals surface area contributed by atoms with Gasteiger partial charge in [0.05, 0.1) is 19.8 Å². The number of nitrogens with zero attached hydrogens (tertiary/aromatic N) is 1. The minimum absolute atomic E-state index is 0.140. The molecule has 1 atom stereocenters. The fourth-order valence-corrected chi connectivity index (χ4v) is 4.63. The zero-order valence-electron chi connectivity index (χ0n) is 18.9. The molecule has 170 valence electrons. The highest BCUT2D eigenvalue weighted by Crippen LogP contribution is 2.34. The molecule has 32 heavy (non-hydrogen) atoms. The van der Waals surface area contributed by atoms with E-state index in [0.29, 0.717) is 39.4 Å². The number of morpholine rings is 1. The molecule has 1 unspecified atom stereocenters. The third kappa shape index (κ3) is 5.17. The number of ether oxygens (including phenoxy) is 1. The lowest BCUT2D eigenvalue weighted by molar-refractivity contribution is -0.134. The van der Waals surface area contributed by atoms with Crippen LogP contribution in [0.3, 0.4) is 0 Å². The van der Waals surface area contributed by atoms with Gasteiger partial charge in [-0.1, -0.05) is 56.1 Å². The van der Waals surface area contributed by atoms with Gasteiger partial charge in [-0.2, -0.15) is 0 Å². The molecule has 1 aromatic heterocycles. The Morgan fingerprint density at radius 3 is 2.66 bits per heavy atom. The van der Waals surface area contributed by atoms with Gasteiger partial charge >= 0.3 is 0 Å². The van der Waals surface area contributed by atoms with Crippen molar-refractivity contribution in [2.45, 2.75) is 39.2 Å². The van der Waals surface area contributed by atoms with Crippen LogP contribution >= 0.6 is 11.6 Å². The molecule has 0 saturated carbocycles. The van der Waals surface area contributed by atoms with Crippen LogP contribution in [0.2, 0.25) is 5.02 Å². The number of hydrogen-bond acceptors (Lipinski definition) is 3. The lowest BCUT2D eigenvalue weighted by atomic mass is 9.92. The van der Waals surface area contributed by atoms with Gasteiger partial charge < -0.3 is 19.9 Å². The van der Waals surface area contributed by atoms with Crippen LogP contribution in [0, 0.1) is 0 Å². The summed E-state index contributed by atoms with van der Waals surface area (Å²) in [6.45, 7) is 8.14. The lowest BCUT2D eigenvalue weighted by Crippen LogP contribution is -2.44. The Balaban J connectivity index is 1.41. The van der Waals surface area contributed by atoms with Gasteiger partial charge in [0, 0.05) is 47.2 Å². The van der Waals surface area contributed by atoms with Crippen LogP contribution in [-0.4, -0.2) is 48.6 Å². The second kappa shape index (κ2) is 10.5. The molecule has 5 nitrogen and oxygen atoms in total. The lowest BCUT2D eigenvalue weighted by Gasteiger charge is -2.26. The first-order chi connectivity index (χ1) is 15.6. The first kappa shape index (κ1) is 22.8. The van der Waals surface area contributed by atoms with Crippen LogP contribution in [0.25, 0.3) is 10.9 Å². The van der Waals surface area contributed by atoms with Crippen molar-refractivity contribution in [3.05, 3.63) is 69.9 Å². The molecule has 2 aromatic carbocycles. The van der Waals surface area contributed by atoms with E-state index in [1.165, 1.54) is 27.8 Å². The number of amides is 1. The Bertz CT molecular complexity index is 1050. The van der Waals surface area contributed by atoms with Gasteiger partial charge in [0.25, 0.3) is 0 Å². The van der Waals surface area contributed by atoms with E-state index in [2.05, 4.69) is 60.5 Å². The highest BCUT2D eigenvalue weighted by atomic mass is 35.5. The van der Waals surface area contributed by atoms with Crippen molar-refractivity contribution in [2.24, 2.45) is 0 Å². The Morgan fingerprint density at radius 2 is 1.94 bits per heavy atom. The van der Waals surface area contributed by atoms with Crippen molar-refractivity contribution in [3.63, 3.8) is 0 Å². The summed E-state index contributed by atoms with van der Waals surface area (Å²) in [5.41, 5.74) is 6.22. The number of hydrogen-bond donors (Lipinski definition) is 2. The Morgan fingerprint density at radius 1 is 1.19 bits per heavy atom. The number of halogens is 1. The predicted molar refractivity (Wildman–Crippen MR) is 130 cm³/mol. The fourth-order valence-electron chi connectivity index (χ4n) is 4.46. The summed E-state index contributed by atoms with van der Waals surface area (Å²) in [5.74, 6) is 0.397. The molecule has 1 saturated heterocycles. The van der Waals surface area contributed by atoms with Crippen molar-refractivity contribution < 1.29 is 9.53 Å². The van der Waals surface area contributed by atoms with E-state index in [1.807, 2.05) is 11.0 Å². The minimum Gasteiger partial charge on any atom is -0.378 e. The molecule has 1 aliphatic rings. The fraction of sp³-hybridized carbons (Fsp3) is 0.423. The van der Waals surface area contributed by atoms with Crippen molar-refractivity contribution in [2.75, 3.05) is 32.8 Å². The number of nitrogens with one attached hydrogen (secondary N) is 2. The third-order valence-electron chi connectivity index (χ3n) is 6.28. The molecular formula is C26H32ClN3O2. The van der Waals surface area contributed by atoms with Gasteiger partial charge in [-0.3, -0.25) is 4.79 Å². The molecule has 2 heterocycles. The maximum Gasteiger partial charge on any atom is 0.236 e. The van der Waals surface area contributed by atoms with Crippen LogP contribution in [0.15, 0.2) is 42.5 Å². The number of rotatable bonds is 8. The molecule has 1 amide bonds. The van der Waals surface area contributed by atoms with Gasteiger partial charge in [-0.05, 0) is 41.3 Å². The van der Waals surface area contributed by atoms with Crippen LogP contribution in [0.5, 0.6) is 0 Å². The van der Waals surface area contributed by atoms with E-state index >= 15 is 0 Å². The molecular weight excluding hydrogens is 422 g/mol. The zero-order valence-corrected chi connectivity index (χ0v) is 19.7. The number of aryl methyl sites for hydroxylation is 1. The summed E-state index contributed by atoms with van der Waals surface area (Å²) in [7, 11) is 0. The van der Waals surface area contributed by atoms with E-state index in [1.54, 1.807) is 0 Å². The average Bonchev–Trinajstić information content (AvgIpc) is 3.17. The summed E-state index contributed by atoms with van der Waals surface area (Å²) >= 11 is 6.27. The molecule has 1 aliphatic heterocycles. The van der Waals surface area contributed by atoms with Crippen LogP contribution in [-0.2, 0) is 22.5 Å². The number of benzene rings is 2. The molecule has 0 bridgehead atoms. The predicted octanol–water partition coefficient (Wildman–Crippen LogP) is 4.87. The van der Waals surface area contributed by atoms with E-state index in [0.717, 1.165) is 23.4 Å². The second-order valence-corrected chi connectivity index (χ2v) is 8.95. The number of H-pyrrole nitrogens is 1. The van der Waals surface area contributed by atoms with Crippen LogP contribution in [0.4, 0.5) is 0 Å². The first-order valence-corrected chi connectivity index (χ1v) is 11.9. The average molecular weight is 454 g/mol. The number of fused-ring (bicyclic) bond motifs is 1. The third-order valence-corrected chi connectivity index (χ3v) is 6.52. The monoisotopic (exact) mass is 453 g/mol. The van der Waals surface area contributed by atoms with Crippen LogP contribution in [0.1, 0.15) is 48.6 Å². The van der Waals surface area contributed by atoms with Gasteiger partial charge in [0.1, 0.15) is 0 Å². The van der Waals surface area contributed by atoms with E-state index in [4.69, 9.17) is 16.3 Å². The smallest absolute Gasteiger partial charge is 0.236 e. The Kier molecular flexibility index (Phi) is 7.51. The molecule has 1 fully saturated rings. The van der Waals surface area contributed by atoms with E-state index < -0.39 is 0 Å². The molecule has 0 spiro atoms. The van der Waals surface area contributed by atoms with Crippen molar-refractivity contribution >= 4 is 28.4 Å². The van der Waals surface area contributed by atoms with Crippen molar-refractivity contribution in [3.8, 4) is 0 Å². The summed E-state index contributed by atoms with van der Waals surface area (Å²) in [6.07, 6.45) is 2.12. The first-order valence-electron chi connectivity index (χ1n) is 11.5. The zero-order chi connectivity index (χ0) is 22.5. The molecule has 3 aromatic rings. The highest BCUT2D eigenvalue weighted by Gasteiger charge is 2.19. The quantitative estimate of drug-likeness (QED) is 0.511. The Hall–Kier alpha value is -2.34. The Labute approximate surface area is 195 Å². The summed E-state index contributed by atoms with van der Waals surface area (Å²) in [5, 5.41) is 5.28. The topological polar surface area (TPSA) is 57.4 Å². The van der Waals surface area contributed by atoms with Gasteiger partial charge in [-0.15, -0.1) is 0 Å². The minimum atomic E-state index is 0.140. The maximum absolute atomic E-state index is 12.3. The van der Waals surface area contributed by atoms with E-state index in [-0.39, 0.29) is 11.8 Å².